The summed E-state index contributed by atoms with van der Waals surface area (Å²) in [6, 6.07) is 0. The van der Waals surface area contributed by atoms with Crippen molar-refractivity contribution in [3.05, 3.63) is 0 Å². The van der Waals surface area contributed by atoms with Crippen LogP contribution in [-0.2, 0) is 10.0 Å². The van der Waals surface area contributed by atoms with Gasteiger partial charge in [0.25, 0.3) is 0 Å². The number of piperidine rings is 1. The second-order valence-electron chi connectivity index (χ2n) is 3.31. The second-order valence-corrected chi connectivity index (χ2v) is 5.29. The van der Waals surface area contributed by atoms with Crippen LogP contribution in [-0.4, -0.2) is 43.8 Å². The third kappa shape index (κ3) is 2.43. The fraction of sp³-hybridized carbons (Fsp3) is 1.00. The van der Waals surface area contributed by atoms with Gasteiger partial charge in [0.1, 0.15) is 0 Å². The Bertz CT molecular complexity index is 237. The zero-order valence-electron chi connectivity index (χ0n) is 7.23. The molecule has 1 N–H and O–H groups in total. The lowest BCUT2D eigenvalue weighted by molar-refractivity contribution is 0.166. The lowest BCUT2D eigenvalue weighted by Gasteiger charge is -2.29. The van der Waals surface area contributed by atoms with Gasteiger partial charge in [0, 0.05) is 19.7 Å². The molecule has 4 nitrogen and oxygen atoms in total. The van der Waals surface area contributed by atoms with Crippen LogP contribution in [0.15, 0.2) is 0 Å². The molecule has 0 amide bonds. The third-order valence-electron chi connectivity index (χ3n) is 2.21. The minimum absolute atomic E-state index is 0.0893. The Labute approximate surface area is 73.2 Å². The monoisotopic (exact) mass is 193 g/mol. The summed E-state index contributed by atoms with van der Waals surface area (Å²) in [6.07, 6.45) is 3.01. The van der Waals surface area contributed by atoms with Gasteiger partial charge >= 0.3 is 0 Å². The highest BCUT2D eigenvalue weighted by molar-refractivity contribution is 7.88. The Kier molecular flexibility index (Phi) is 3.09. The fourth-order valence-electron chi connectivity index (χ4n) is 1.48. The van der Waals surface area contributed by atoms with Crippen molar-refractivity contribution in [2.24, 2.45) is 5.92 Å². The lowest BCUT2D eigenvalue weighted by Crippen LogP contribution is -2.40. The van der Waals surface area contributed by atoms with E-state index in [2.05, 4.69) is 0 Å². The number of hydrogen-bond acceptors (Lipinski definition) is 3. The van der Waals surface area contributed by atoms with Crippen LogP contribution in [0.25, 0.3) is 0 Å². The molecule has 1 fully saturated rings. The van der Waals surface area contributed by atoms with Crippen molar-refractivity contribution in [2.75, 3.05) is 26.0 Å². The van der Waals surface area contributed by atoms with E-state index in [0.717, 1.165) is 12.8 Å². The number of rotatable bonds is 2. The number of nitrogens with zero attached hydrogens (tertiary/aromatic N) is 1. The molecule has 0 radical (unpaired) electrons. The molecular weight excluding hydrogens is 178 g/mol. The van der Waals surface area contributed by atoms with Crippen molar-refractivity contribution in [2.45, 2.75) is 12.8 Å². The van der Waals surface area contributed by atoms with E-state index in [4.69, 9.17) is 5.11 Å². The van der Waals surface area contributed by atoms with Gasteiger partial charge in [0.05, 0.1) is 6.26 Å². The Morgan fingerprint density at radius 2 is 2.25 bits per heavy atom. The fourth-order valence-corrected chi connectivity index (χ4v) is 2.42. The molecule has 1 aliphatic rings. The molecular formula is C7H15NO3S. The van der Waals surface area contributed by atoms with E-state index in [1.54, 1.807) is 0 Å². The smallest absolute Gasteiger partial charge is 0.211 e. The quantitative estimate of drug-likeness (QED) is 0.652. The van der Waals surface area contributed by atoms with E-state index >= 15 is 0 Å². The molecule has 0 aromatic rings. The summed E-state index contributed by atoms with van der Waals surface area (Å²) in [5.74, 6) is 0.133. The molecule has 1 saturated heterocycles. The van der Waals surface area contributed by atoms with Gasteiger partial charge in [-0.2, -0.15) is 0 Å². The normalized spacial score (nSPS) is 27.3. The first-order chi connectivity index (χ1) is 5.54. The van der Waals surface area contributed by atoms with Crippen molar-refractivity contribution in [1.29, 1.82) is 0 Å². The van der Waals surface area contributed by atoms with Crippen molar-refractivity contribution in [3.63, 3.8) is 0 Å². The minimum atomic E-state index is -3.05. The van der Waals surface area contributed by atoms with E-state index < -0.39 is 10.0 Å². The first-order valence-electron chi connectivity index (χ1n) is 4.10. The highest BCUT2D eigenvalue weighted by Crippen LogP contribution is 2.17. The van der Waals surface area contributed by atoms with Gasteiger partial charge in [-0.3, -0.25) is 0 Å². The van der Waals surface area contributed by atoms with Gasteiger partial charge in [0.2, 0.25) is 10.0 Å². The molecule has 0 aromatic carbocycles. The standard InChI is InChI=1S/C7H15NO3S/c1-12(10,11)8-4-2-3-7(5-8)6-9/h7,9H,2-6H2,1H3. The van der Waals surface area contributed by atoms with E-state index in [1.165, 1.54) is 10.6 Å². The molecule has 0 spiro atoms. The van der Waals surface area contributed by atoms with Crippen LogP contribution in [0, 0.1) is 5.92 Å². The Hall–Kier alpha value is -0.130. The molecule has 72 valence electrons. The van der Waals surface area contributed by atoms with Crippen LogP contribution in [0.1, 0.15) is 12.8 Å². The molecule has 0 aromatic heterocycles. The molecule has 1 unspecified atom stereocenters. The Morgan fingerprint density at radius 1 is 1.58 bits per heavy atom. The summed E-state index contributed by atoms with van der Waals surface area (Å²) in [5, 5.41) is 8.85. The topological polar surface area (TPSA) is 57.6 Å². The molecule has 12 heavy (non-hydrogen) atoms. The number of sulfonamides is 1. The van der Waals surface area contributed by atoms with Crippen LogP contribution in [0.4, 0.5) is 0 Å². The van der Waals surface area contributed by atoms with Crippen LogP contribution >= 0.6 is 0 Å². The van der Waals surface area contributed by atoms with E-state index in [-0.39, 0.29) is 12.5 Å². The minimum Gasteiger partial charge on any atom is -0.396 e. The molecule has 5 heteroatoms. The highest BCUT2D eigenvalue weighted by Gasteiger charge is 2.24. The maximum Gasteiger partial charge on any atom is 0.211 e. The van der Waals surface area contributed by atoms with Crippen LogP contribution < -0.4 is 0 Å². The molecule has 1 aliphatic heterocycles. The Morgan fingerprint density at radius 3 is 2.75 bits per heavy atom. The van der Waals surface area contributed by atoms with Crippen LogP contribution in [0.3, 0.4) is 0 Å². The summed E-state index contributed by atoms with van der Waals surface area (Å²) in [5.41, 5.74) is 0. The maximum absolute atomic E-state index is 11.1. The Balaban J connectivity index is 2.58. The lowest BCUT2D eigenvalue weighted by atomic mass is 10.0. The third-order valence-corrected chi connectivity index (χ3v) is 3.48. The average Bonchev–Trinajstić information content (AvgIpc) is 2.03. The average molecular weight is 193 g/mol. The first-order valence-corrected chi connectivity index (χ1v) is 5.95. The van der Waals surface area contributed by atoms with E-state index in [1.807, 2.05) is 0 Å². The van der Waals surface area contributed by atoms with Gasteiger partial charge in [-0.25, -0.2) is 12.7 Å². The summed E-state index contributed by atoms with van der Waals surface area (Å²) in [7, 11) is -3.05. The predicted molar refractivity (Wildman–Crippen MR) is 46.2 cm³/mol. The predicted octanol–water partition coefficient (Wildman–Crippen LogP) is -0.350. The van der Waals surface area contributed by atoms with Gasteiger partial charge in [-0.05, 0) is 18.8 Å². The molecule has 1 atom stereocenters. The van der Waals surface area contributed by atoms with Crippen LogP contribution in [0.5, 0.6) is 0 Å². The molecule has 1 heterocycles. The van der Waals surface area contributed by atoms with Crippen molar-refractivity contribution in [3.8, 4) is 0 Å². The number of hydrogen-bond donors (Lipinski definition) is 1. The molecule has 0 bridgehead atoms. The summed E-state index contributed by atoms with van der Waals surface area (Å²) < 4.78 is 23.6. The molecule has 0 aliphatic carbocycles. The van der Waals surface area contributed by atoms with Crippen molar-refractivity contribution in [1.82, 2.24) is 4.31 Å². The zero-order chi connectivity index (χ0) is 9.19. The van der Waals surface area contributed by atoms with Crippen molar-refractivity contribution < 1.29 is 13.5 Å². The van der Waals surface area contributed by atoms with Gasteiger partial charge in [0.15, 0.2) is 0 Å². The largest absolute Gasteiger partial charge is 0.396 e. The van der Waals surface area contributed by atoms with E-state index in [9.17, 15) is 8.42 Å². The number of aliphatic hydroxyl groups is 1. The zero-order valence-corrected chi connectivity index (χ0v) is 8.05. The van der Waals surface area contributed by atoms with Gasteiger partial charge in [-0.1, -0.05) is 0 Å². The SMILES string of the molecule is CS(=O)(=O)N1CCCC(CO)C1. The molecule has 0 saturated carbocycles. The summed E-state index contributed by atoms with van der Waals surface area (Å²) in [4.78, 5) is 0. The first kappa shape index (κ1) is 9.95. The van der Waals surface area contributed by atoms with Gasteiger partial charge in [-0.15, -0.1) is 0 Å². The summed E-state index contributed by atoms with van der Waals surface area (Å²) in [6.45, 7) is 1.18. The highest BCUT2D eigenvalue weighted by atomic mass is 32.2. The van der Waals surface area contributed by atoms with E-state index in [0.29, 0.717) is 13.1 Å². The van der Waals surface area contributed by atoms with Crippen molar-refractivity contribution >= 4 is 10.0 Å². The molecule has 1 rings (SSSR count). The second kappa shape index (κ2) is 3.72. The van der Waals surface area contributed by atoms with Gasteiger partial charge < -0.3 is 5.11 Å². The maximum atomic E-state index is 11.1. The summed E-state index contributed by atoms with van der Waals surface area (Å²) >= 11 is 0. The number of aliphatic hydroxyl groups excluding tert-OH is 1. The van der Waals surface area contributed by atoms with Crippen LogP contribution in [0.2, 0.25) is 0 Å².